The molecule has 0 aromatic carbocycles. The molecule has 0 heterocycles. The third kappa shape index (κ3) is 7.07. The molecule has 1 aliphatic rings. The number of amides is 1. The molecule has 6 heteroatoms. The minimum Gasteiger partial charge on any atom is -0.385 e. The van der Waals surface area contributed by atoms with Crippen LogP contribution in [-0.4, -0.2) is 63.7 Å². The van der Waals surface area contributed by atoms with Crippen molar-refractivity contribution in [2.75, 3.05) is 40.9 Å². The average molecular weight is 341 g/mol. The summed E-state index contributed by atoms with van der Waals surface area (Å²) in [6.07, 6.45) is 7.12. The van der Waals surface area contributed by atoms with Crippen molar-refractivity contribution in [1.29, 1.82) is 0 Å². The first kappa shape index (κ1) is 20.7. The van der Waals surface area contributed by atoms with E-state index in [2.05, 4.69) is 29.5 Å². The van der Waals surface area contributed by atoms with E-state index >= 15 is 0 Å². The molecule has 1 atom stereocenters. The maximum atomic E-state index is 11.8. The normalized spacial score (nSPS) is 18.3. The van der Waals surface area contributed by atoms with Gasteiger partial charge in [-0.3, -0.25) is 4.79 Å². The van der Waals surface area contributed by atoms with Gasteiger partial charge in [0.25, 0.3) is 0 Å². The molecule has 0 aliphatic heterocycles. The maximum Gasteiger partial charge on any atom is 0.243 e. The van der Waals surface area contributed by atoms with Crippen LogP contribution < -0.4 is 10.6 Å². The zero-order chi connectivity index (χ0) is 18.0. The minimum absolute atomic E-state index is 0.00946. The van der Waals surface area contributed by atoms with E-state index in [1.54, 1.807) is 26.1 Å². The second kappa shape index (κ2) is 10.5. The van der Waals surface area contributed by atoms with Gasteiger partial charge in [0.05, 0.1) is 0 Å². The summed E-state index contributed by atoms with van der Waals surface area (Å²) in [5, 5.41) is 6.88. The second-order valence-electron chi connectivity index (χ2n) is 7.21. The standard InChI is InChI=1S/C18H36N4O2/c1-6-15(2)21-17(19-13-16(23)22(3)4)20-14-18(11-12-24-5)9-7-8-10-18/h15H,6-14H2,1-5H3,(H2,19,20,21). The lowest BCUT2D eigenvalue weighted by molar-refractivity contribution is -0.127. The lowest BCUT2D eigenvalue weighted by Gasteiger charge is -2.30. The van der Waals surface area contributed by atoms with Crippen molar-refractivity contribution in [2.24, 2.45) is 10.4 Å². The van der Waals surface area contributed by atoms with E-state index in [1.165, 1.54) is 25.7 Å². The monoisotopic (exact) mass is 340 g/mol. The van der Waals surface area contributed by atoms with Crippen molar-refractivity contribution in [1.82, 2.24) is 15.5 Å². The van der Waals surface area contributed by atoms with Crippen LogP contribution in [0.25, 0.3) is 0 Å². The molecule has 1 unspecified atom stereocenters. The number of aliphatic imine (C=N–C) groups is 1. The average Bonchev–Trinajstić information content (AvgIpc) is 3.04. The van der Waals surface area contributed by atoms with Crippen molar-refractivity contribution in [2.45, 2.75) is 58.4 Å². The van der Waals surface area contributed by atoms with Crippen LogP contribution in [0, 0.1) is 5.41 Å². The van der Waals surface area contributed by atoms with E-state index in [0.29, 0.717) is 11.5 Å². The molecular weight excluding hydrogens is 304 g/mol. The number of ether oxygens (including phenoxy) is 1. The number of guanidine groups is 1. The van der Waals surface area contributed by atoms with Crippen molar-refractivity contribution in [3.8, 4) is 0 Å². The lowest BCUT2D eigenvalue weighted by Crippen LogP contribution is -2.46. The molecule has 1 rings (SSSR count). The highest BCUT2D eigenvalue weighted by molar-refractivity contribution is 5.84. The second-order valence-corrected chi connectivity index (χ2v) is 7.21. The van der Waals surface area contributed by atoms with Gasteiger partial charge in [-0.15, -0.1) is 0 Å². The summed E-state index contributed by atoms with van der Waals surface area (Å²) in [7, 11) is 5.27. The largest absolute Gasteiger partial charge is 0.385 e. The van der Waals surface area contributed by atoms with Crippen molar-refractivity contribution in [3.63, 3.8) is 0 Å². The molecule has 24 heavy (non-hydrogen) atoms. The fraction of sp³-hybridized carbons (Fsp3) is 0.889. The van der Waals surface area contributed by atoms with Crippen molar-refractivity contribution in [3.05, 3.63) is 0 Å². The fourth-order valence-corrected chi connectivity index (χ4v) is 3.01. The van der Waals surface area contributed by atoms with Gasteiger partial charge in [-0.05, 0) is 38.0 Å². The smallest absolute Gasteiger partial charge is 0.243 e. The summed E-state index contributed by atoms with van der Waals surface area (Å²) in [5.74, 6) is 0.749. The lowest BCUT2D eigenvalue weighted by atomic mass is 9.83. The Labute approximate surface area is 147 Å². The van der Waals surface area contributed by atoms with E-state index in [9.17, 15) is 4.79 Å². The number of carbonyl (C=O) groups excluding carboxylic acids is 1. The van der Waals surface area contributed by atoms with Gasteiger partial charge in [-0.2, -0.15) is 0 Å². The Hall–Kier alpha value is -1.30. The highest BCUT2D eigenvalue weighted by Crippen LogP contribution is 2.40. The number of hydrogen-bond donors (Lipinski definition) is 2. The number of nitrogens with one attached hydrogen (secondary N) is 2. The molecule has 140 valence electrons. The van der Waals surface area contributed by atoms with E-state index in [-0.39, 0.29) is 12.5 Å². The molecule has 2 N–H and O–H groups in total. The van der Waals surface area contributed by atoms with Gasteiger partial charge in [0.15, 0.2) is 5.96 Å². The fourth-order valence-electron chi connectivity index (χ4n) is 3.01. The topological polar surface area (TPSA) is 66.0 Å². The molecular formula is C18H36N4O2. The van der Waals surface area contributed by atoms with Crippen LogP contribution in [0.4, 0.5) is 0 Å². The molecule has 0 saturated heterocycles. The highest BCUT2D eigenvalue weighted by Gasteiger charge is 2.33. The Morgan fingerprint density at radius 1 is 1.33 bits per heavy atom. The van der Waals surface area contributed by atoms with Crippen LogP contribution >= 0.6 is 0 Å². The molecule has 0 aromatic rings. The van der Waals surface area contributed by atoms with Crippen LogP contribution in [0.1, 0.15) is 52.4 Å². The van der Waals surface area contributed by atoms with Gasteiger partial charge >= 0.3 is 0 Å². The summed E-state index contributed by atoms with van der Waals surface area (Å²) in [6, 6.07) is 0.323. The maximum absolute atomic E-state index is 11.8. The Morgan fingerprint density at radius 3 is 2.54 bits per heavy atom. The number of likely N-dealkylation sites (N-methyl/N-ethyl adjacent to an activating group) is 1. The number of nitrogens with zero attached hydrogens (tertiary/aromatic N) is 2. The number of carbonyl (C=O) groups is 1. The third-order valence-corrected chi connectivity index (χ3v) is 5.00. The van der Waals surface area contributed by atoms with Crippen LogP contribution in [0.3, 0.4) is 0 Å². The first-order chi connectivity index (χ1) is 11.4. The van der Waals surface area contributed by atoms with E-state index in [0.717, 1.165) is 32.0 Å². The van der Waals surface area contributed by atoms with Gasteiger partial charge in [0.2, 0.25) is 5.91 Å². The van der Waals surface area contributed by atoms with Crippen LogP contribution in [-0.2, 0) is 9.53 Å². The first-order valence-electron chi connectivity index (χ1n) is 9.16. The van der Waals surface area contributed by atoms with Crippen LogP contribution in [0.15, 0.2) is 4.99 Å². The minimum atomic E-state index is 0.00946. The van der Waals surface area contributed by atoms with Gasteiger partial charge < -0.3 is 20.3 Å². The third-order valence-electron chi connectivity index (χ3n) is 5.00. The summed E-state index contributed by atoms with van der Waals surface area (Å²) in [4.78, 5) is 17.9. The Morgan fingerprint density at radius 2 is 2.00 bits per heavy atom. The Kier molecular flexibility index (Phi) is 9.11. The molecule has 0 spiro atoms. The zero-order valence-corrected chi connectivity index (χ0v) is 16.2. The van der Waals surface area contributed by atoms with Gasteiger partial charge in [0.1, 0.15) is 6.54 Å². The van der Waals surface area contributed by atoms with Gasteiger partial charge in [0, 0.05) is 40.4 Å². The SMILES string of the molecule is CCC(C)NC(=NCC(=O)N(C)C)NCC1(CCOC)CCCC1. The Balaban J connectivity index is 2.68. The molecule has 1 fully saturated rings. The predicted molar refractivity (Wildman–Crippen MR) is 99.3 cm³/mol. The molecule has 1 aliphatic carbocycles. The summed E-state index contributed by atoms with van der Waals surface area (Å²) < 4.78 is 5.30. The molecule has 0 bridgehead atoms. The molecule has 1 saturated carbocycles. The van der Waals surface area contributed by atoms with Crippen LogP contribution in [0.5, 0.6) is 0 Å². The van der Waals surface area contributed by atoms with Gasteiger partial charge in [-0.1, -0.05) is 19.8 Å². The Bertz CT molecular complexity index is 404. The van der Waals surface area contributed by atoms with E-state index < -0.39 is 0 Å². The quantitative estimate of drug-likeness (QED) is 0.498. The summed E-state index contributed by atoms with van der Waals surface area (Å²) in [5.41, 5.74) is 0.291. The molecule has 1 amide bonds. The molecule has 0 aromatic heterocycles. The molecule has 0 radical (unpaired) electrons. The van der Waals surface area contributed by atoms with Crippen molar-refractivity contribution < 1.29 is 9.53 Å². The molecule has 6 nitrogen and oxygen atoms in total. The number of methoxy groups -OCH3 is 1. The summed E-state index contributed by atoms with van der Waals surface area (Å²) >= 11 is 0. The van der Waals surface area contributed by atoms with Gasteiger partial charge in [-0.25, -0.2) is 4.99 Å². The van der Waals surface area contributed by atoms with E-state index in [1.807, 2.05) is 0 Å². The number of hydrogen-bond acceptors (Lipinski definition) is 3. The predicted octanol–water partition coefficient (Wildman–Crippen LogP) is 2.01. The first-order valence-corrected chi connectivity index (χ1v) is 9.16. The highest BCUT2D eigenvalue weighted by atomic mass is 16.5. The number of rotatable bonds is 9. The zero-order valence-electron chi connectivity index (χ0n) is 16.2. The summed E-state index contributed by atoms with van der Waals surface area (Å²) in [6.45, 7) is 6.11. The van der Waals surface area contributed by atoms with Crippen molar-refractivity contribution >= 4 is 11.9 Å². The van der Waals surface area contributed by atoms with E-state index in [4.69, 9.17) is 4.74 Å². The van der Waals surface area contributed by atoms with Crippen LogP contribution in [0.2, 0.25) is 0 Å².